The van der Waals surface area contributed by atoms with Gasteiger partial charge in [0.15, 0.2) is 28.8 Å². The van der Waals surface area contributed by atoms with Gasteiger partial charge in [-0.1, -0.05) is 6.07 Å². The minimum absolute atomic E-state index is 0.108. The summed E-state index contributed by atoms with van der Waals surface area (Å²) < 4.78 is 0. The third kappa shape index (κ3) is 2.90. The fourth-order valence-electron chi connectivity index (χ4n) is 1.97. The largest absolute Gasteiger partial charge is 0.504 e. The number of Topliss-reactive ketones (excluding diaryl/α,β-unsaturated/α-hetero) is 1. The van der Waals surface area contributed by atoms with Crippen LogP contribution in [-0.2, 0) is 0 Å². The summed E-state index contributed by atoms with van der Waals surface area (Å²) in [6.45, 7) is -0.509. The van der Waals surface area contributed by atoms with Gasteiger partial charge >= 0.3 is 0 Å². The quantitative estimate of drug-likeness (QED) is 0.430. The Hall–Kier alpha value is -2.73. The molecule has 0 spiro atoms. The van der Waals surface area contributed by atoms with Gasteiger partial charge in [0.05, 0.1) is 12.5 Å². The second kappa shape index (κ2) is 5.72. The van der Waals surface area contributed by atoms with E-state index in [0.29, 0.717) is 5.56 Å². The summed E-state index contributed by atoms with van der Waals surface area (Å²) in [5.74, 6) is -2.96. The minimum Gasteiger partial charge on any atom is -0.504 e. The molecule has 110 valence electrons. The SMILES string of the molecule is O=C(c1ccc(O)c(O)c1)C(CO)c1ccc(O)c(O)c1. The molecular weight excluding hydrogens is 276 g/mol. The van der Waals surface area contributed by atoms with Crippen LogP contribution in [0.3, 0.4) is 0 Å². The molecule has 1 atom stereocenters. The Balaban J connectivity index is 2.37. The molecule has 0 amide bonds. The number of hydrogen-bond acceptors (Lipinski definition) is 6. The van der Waals surface area contributed by atoms with E-state index in [1.807, 2.05) is 0 Å². The van der Waals surface area contributed by atoms with E-state index < -0.39 is 29.8 Å². The Morgan fingerprint density at radius 1 is 0.857 bits per heavy atom. The average Bonchev–Trinajstić information content (AvgIpc) is 2.46. The molecule has 2 rings (SSSR count). The second-order valence-electron chi connectivity index (χ2n) is 4.55. The van der Waals surface area contributed by atoms with Gasteiger partial charge in [-0.15, -0.1) is 0 Å². The summed E-state index contributed by atoms with van der Waals surface area (Å²) in [6.07, 6.45) is 0. The maximum Gasteiger partial charge on any atom is 0.172 e. The van der Waals surface area contributed by atoms with Crippen LogP contribution in [0.15, 0.2) is 36.4 Å². The smallest absolute Gasteiger partial charge is 0.172 e. The summed E-state index contributed by atoms with van der Waals surface area (Å²) in [6, 6.07) is 7.41. The van der Waals surface area contributed by atoms with Crippen molar-refractivity contribution in [2.75, 3.05) is 6.61 Å². The van der Waals surface area contributed by atoms with E-state index in [1.54, 1.807) is 0 Å². The summed E-state index contributed by atoms with van der Waals surface area (Å²) >= 11 is 0. The van der Waals surface area contributed by atoms with E-state index in [2.05, 4.69) is 0 Å². The summed E-state index contributed by atoms with van der Waals surface area (Å²) in [5, 5.41) is 46.8. The molecule has 0 saturated heterocycles. The molecule has 0 saturated carbocycles. The molecule has 0 aliphatic heterocycles. The van der Waals surface area contributed by atoms with E-state index in [-0.39, 0.29) is 17.1 Å². The van der Waals surface area contributed by atoms with Crippen molar-refractivity contribution in [3.8, 4) is 23.0 Å². The van der Waals surface area contributed by atoms with Crippen LogP contribution < -0.4 is 0 Å². The molecule has 0 fully saturated rings. The first kappa shape index (κ1) is 14.7. The van der Waals surface area contributed by atoms with Crippen LogP contribution in [0.25, 0.3) is 0 Å². The maximum atomic E-state index is 12.3. The summed E-state index contributed by atoms with van der Waals surface area (Å²) in [7, 11) is 0. The van der Waals surface area contributed by atoms with E-state index in [9.17, 15) is 30.3 Å². The van der Waals surface area contributed by atoms with Crippen molar-refractivity contribution in [2.45, 2.75) is 5.92 Å². The number of aliphatic hydroxyl groups excluding tert-OH is 1. The van der Waals surface area contributed by atoms with Gasteiger partial charge in [-0.3, -0.25) is 4.79 Å². The van der Waals surface area contributed by atoms with Crippen LogP contribution in [0.2, 0.25) is 0 Å². The fourth-order valence-corrected chi connectivity index (χ4v) is 1.97. The predicted molar refractivity (Wildman–Crippen MR) is 73.7 cm³/mol. The number of aromatic hydroxyl groups is 4. The fraction of sp³-hybridized carbons (Fsp3) is 0.133. The van der Waals surface area contributed by atoms with Crippen molar-refractivity contribution in [2.24, 2.45) is 0 Å². The third-order valence-electron chi connectivity index (χ3n) is 3.16. The number of hydrogen-bond donors (Lipinski definition) is 5. The molecule has 0 aliphatic rings. The molecule has 0 heterocycles. The van der Waals surface area contributed by atoms with Crippen LogP contribution in [0.4, 0.5) is 0 Å². The van der Waals surface area contributed by atoms with Crippen LogP contribution in [0.5, 0.6) is 23.0 Å². The number of aliphatic hydroxyl groups is 1. The first-order valence-electron chi connectivity index (χ1n) is 6.13. The standard InChI is InChI=1S/C15H14O6/c16-7-10(8-1-3-11(17)13(19)5-8)15(21)9-2-4-12(18)14(20)6-9/h1-6,10,16-20H,7H2. The Kier molecular flexibility index (Phi) is 4.00. The molecule has 0 bridgehead atoms. The van der Waals surface area contributed by atoms with Crippen molar-refractivity contribution in [1.29, 1.82) is 0 Å². The lowest BCUT2D eigenvalue weighted by Crippen LogP contribution is -2.16. The van der Waals surface area contributed by atoms with Crippen LogP contribution in [0.1, 0.15) is 21.8 Å². The topological polar surface area (TPSA) is 118 Å². The van der Waals surface area contributed by atoms with Crippen LogP contribution in [0, 0.1) is 0 Å². The highest BCUT2D eigenvalue weighted by atomic mass is 16.3. The monoisotopic (exact) mass is 290 g/mol. The van der Waals surface area contributed by atoms with Crippen molar-refractivity contribution >= 4 is 5.78 Å². The highest BCUT2D eigenvalue weighted by Crippen LogP contribution is 2.32. The van der Waals surface area contributed by atoms with E-state index >= 15 is 0 Å². The molecule has 1 unspecified atom stereocenters. The van der Waals surface area contributed by atoms with Gasteiger partial charge in [0, 0.05) is 5.56 Å². The van der Waals surface area contributed by atoms with Crippen molar-refractivity contribution in [3.05, 3.63) is 47.5 Å². The van der Waals surface area contributed by atoms with Crippen molar-refractivity contribution in [3.63, 3.8) is 0 Å². The number of carbonyl (C=O) groups is 1. The Morgan fingerprint density at radius 3 is 1.95 bits per heavy atom. The molecule has 0 aromatic heterocycles. The van der Waals surface area contributed by atoms with Crippen LogP contribution in [-0.4, -0.2) is 37.9 Å². The molecule has 6 heteroatoms. The third-order valence-corrected chi connectivity index (χ3v) is 3.16. The van der Waals surface area contributed by atoms with Gasteiger partial charge in [0.1, 0.15) is 0 Å². The van der Waals surface area contributed by atoms with Crippen molar-refractivity contribution in [1.82, 2.24) is 0 Å². The van der Waals surface area contributed by atoms with Crippen LogP contribution >= 0.6 is 0 Å². The molecular formula is C15H14O6. The lowest BCUT2D eigenvalue weighted by molar-refractivity contribution is 0.0921. The number of phenols is 4. The molecule has 2 aromatic rings. The zero-order valence-electron chi connectivity index (χ0n) is 10.9. The second-order valence-corrected chi connectivity index (χ2v) is 4.55. The number of ketones is 1. The number of rotatable bonds is 4. The normalized spacial score (nSPS) is 12.0. The van der Waals surface area contributed by atoms with Crippen molar-refractivity contribution < 1.29 is 30.3 Å². The van der Waals surface area contributed by atoms with Gasteiger partial charge in [0.25, 0.3) is 0 Å². The predicted octanol–water partition coefficient (Wildman–Crippen LogP) is 1.47. The van der Waals surface area contributed by atoms with Gasteiger partial charge in [0.2, 0.25) is 0 Å². The highest BCUT2D eigenvalue weighted by molar-refractivity contribution is 6.01. The lowest BCUT2D eigenvalue weighted by Gasteiger charge is -2.14. The van der Waals surface area contributed by atoms with E-state index in [0.717, 1.165) is 6.07 Å². The number of phenolic OH excluding ortho intramolecular Hbond substituents is 4. The zero-order valence-corrected chi connectivity index (χ0v) is 10.9. The average molecular weight is 290 g/mol. The number of benzene rings is 2. The molecule has 5 N–H and O–H groups in total. The Bertz CT molecular complexity index is 680. The van der Waals surface area contributed by atoms with Gasteiger partial charge in [-0.25, -0.2) is 0 Å². The summed E-state index contributed by atoms with van der Waals surface area (Å²) in [5.41, 5.74) is 0.433. The number of carbonyl (C=O) groups excluding carboxylic acids is 1. The molecule has 0 radical (unpaired) electrons. The minimum atomic E-state index is -0.958. The molecule has 0 aliphatic carbocycles. The highest BCUT2D eigenvalue weighted by Gasteiger charge is 2.23. The van der Waals surface area contributed by atoms with Gasteiger partial charge in [-0.2, -0.15) is 0 Å². The first-order chi connectivity index (χ1) is 9.93. The lowest BCUT2D eigenvalue weighted by atomic mass is 9.91. The van der Waals surface area contributed by atoms with Gasteiger partial charge in [-0.05, 0) is 35.9 Å². The Morgan fingerprint density at radius 2 is 1.43 bits per heavy atom. The van der Waals surface area contributed by atoms with E-state index in [1.165, 1.54) is 30.3 Å². The molecule has 21 heavy (non-hydrogen) atoms. The molecule has 6 nitrogen and oxygen atoms in total. The van der Waals surface area contributed by atoms with Gasteiger partial charge < -0.3 is 25.5 Å². The summed E-state index contributed by atoms with van der Waals surface area (Å²) in [4.78, 5) is 12.3. The first-order valence-corrected chi connectivity index (χ1v) is 6.13. The maximum absolute atomic E-state index is 12.3. The van der Waals surface area contributed by atoms with E-state index in [4.69, 9.17) is 0 Å². The zero-order chi connectivity index (χ0) is 15.6. The molecule has 2 aromatic carbocycles. The Labute approximate surface area is 120 Å².